The van der Waals surface area contributed by atoms with Crippen molar-refractivity contribution in [1.29, 1.82) is 5.26 Å². The number of hydrogen-bond donors (Lipinski definition) is 2. The Morgan fingerprint density at radius 3 is 2.70 bits per heavy atom. The van der Waals surface area contributed by atoms with Crippen molar-refractivity contribution in [1.82, 2.24) is 24.8 Å². The van der Waals surface area contributed by atoms with Crippen LogP contribution in [-0.2, 0) is 6.54 Å². The Bertz CT molecular complexity index is 1270. The molecule has 0 aliphatic carbocycles. The number of pyridine rings is 1. The summed E-state index contributed by atoms with van der Waals surface area (Å²) in [4.78, 5) is 28.8. The standard InChI is InChI=1S/C21H19BrClN7O3/c1-12-7-13(10-24)8-14(11-28(2)29(3)21(32)33)18(12)26-20(31)16-9-17(22)27-30(16)19-15(23)5-4-6-25-19/h4-9H,11H2,1-3H3,(H,26,31)(H,32,33). The van der Waals surface area contributed by atoms with Crippen LogP contribution in [-0.4, -0.2) is 56.0 Å². The van der Waals surface area contributed by atoms with E-state index in [0.717, 1.165) is 5.01 Å². The highest BCUT2D eigenvalue weighted by atomic mass is 79.9. The molecule has 2 aromatic heterocycles. The first kappa shape index (κ1) is 24.2. The van der Waals surface area contributed by atoms with Gasteiger partial charge in [-0.2, -0.15) is 10.4 Å². The zero-order valence-corrected chi connectivity index (χ0v) is 20.2. The summed E-state index contributed by atoms with van der Waals surface area (Å²) in [6, 6.07) is 10.2. The molecule has 10 nitrogen and oxygen atoms in total. The van der Waals surface area contributed by atoms with Crippen LogP contribution in [0.3, 0.4) is 0 Å². The summed E-state index contributed by atoms with van der Waals surface area (Å²) in [6.45, 7) is 1.88. The number of halogens is 2. The molecule has 170 valence electrons. The highest BCUT2D eigenvalue weighted by Gasteiger charge is 2.22. The van der Waals surface area contributed by atoms with Crippen molar-refractivity contribution in [2.24, 2.45) is 0 Å². The third-order valence-electron chi connectivity index (χ3n) is 4.82. The van der Waals surface area contributed by atoms with Crippen LogP contribution in [0.1, 0.15) is 27.2 Å². The van der Waals surface area contributed by atoms with Gasteiger partial charge in [0.15, 0.2) is 5.82 Å². The Kier molecular flexibility index (Phi) is 7.33. The molecular weight excluding hydrogens is 514 g/mol. The van der Waals surface area contributed by atoms with Gasteiger partial charge in [0.25, 0.3) is 5.91 Å². The number of carboxylic acid groups (broad SMARTS) is 1. The second-order valence-electron chi connectivity index (χ2n) is 7.09. The third-order valence-corrected chi connectivity index (χ3v) is 5.51. The fraction of sp³-hybridized carbons (Fsp3) is 0.190. The van der Waals surface area contributed by atoms with Gasteiger partial charge in [0.1, 0.15) is 10.3 Å². The van der Waals surface area contributed by atoms with E-state index in [1.807, 2.05) is 0 Å². The number of nitriles is 1. The number of aryl methyl sites for hydroxylation is 1. The maximum Gasteiger partial charge on any atom is 0.421 e. The lowest BCUT2D eigenvalue weighted by atomic mass is 10.0. The van der Waals surface area contributed by atoms with E-state index in [4.69, 9.17) is 11.6 Å². The molecule has 1 aromatic carbocycles. The zero-order chi connectivity index (χ0) is 24.3. The molecule has 0 fully saturated rings. The van der Waals surface area contributed by atoms with E-state index in [0.29, 0.717) is 32.0 Å². The number of rotatable bonds is 6. The molecule has 0 bridgehead atoms. The number of aromatic nitrogens is 3. The van der Waals surface area contributed by atoms with Crippen LogP contribution in [0.2, 0.25) is 5.02 Å². The van der Waals surface area contributed by atoms with Crippen molar-refractivity contribution in [2.45, 2.75) is 13.5 Å². The Labute approximate surface area is 203 Å². The van der Waals surface area contributed by atoms with E-state index in [1.54, 1.807) is 38.2 Å². The van der Waals surface area contributed by atoms with E-state index in [2.05, 4.69) is 37.4 Å². The summed E-state index contributed by atoms with van der Waals surface area (Å²) in [7, 11) is 2.98. The van der Waals surface area contributed by atoms with Gasteiger partial charge in [0, 0.05) is 38.6 Å². The molecule has 2 N–H and O–H groups in total. The van der Waals surface area contributed by atoms with Crippen LogP contribution in [0.5, 0.6) is 0 Å². The Balaban J connectivity index is 2.01. The maximum atomic E-state index is 13.3. The van der Waals surface area contributed by atoms with Crippen LogP contribution >= 0.6 is 27.5 Å². The van der Waals surface area contributed by atoms with E-state index >= 15 is 0 Å². The molecule has 0 unspecified atom stereocenters. The van der Waals surface area contributed by atoms with Gasteiger partial charge >= 0.3 is 6.09 Å². The topological polar surface area (TPSA) is 127 Å². The summed E-state index contributed by atoms with van der Waals surface area (Å²) in [5, 5.41) is 28.5. The molecular formula is C21H19BrClN7O3. The van der Waals surface area contributed by atoms with Gasteiger partial charge < -0.3 is 10.4 Å². The summed E-state index contributed by atoms with van der Waals surface area (Å²) < 4.78 is 1.74. The molecule has 3 aromatic rings. The first-order valence-electron chi connectivity index (χ1n) is 9.51. The van der Waals surface area contributed by atoms with Gasteiger partial charge in [-0.1, -0.05) is 11.6 Å². The molecule has 0 aliphatic heterocycles. The van der Waals surface area contributed by atoms with Crippen molar-refractivity contribution >= 4 is 45.2 Å². The molecule has 2 heterocycles. The van der Waals surface area contributed by atoms with Crippen LogP contribution < -0.4 is 5.32 Å². The van der Waals surface area contributed by atoms with Crippen molar-refractivity contribution in [2.75, 3.05) is 19.4 Å². The smallest absolute Gasteiger partial charge is 0.421 e. The predicted molar refractivity (Wildman–Crippen MR) is 125 cm³/mol. The quantitative estimate of drug-likeness (QED) is 0.458. The SMILES string of the molecule is Cc1cc(C#N)cc(CN(C)N(C)C(=O)O)c1NC(=O)c1cc(Br)nn1-c1ncccc1Cl. The largest absolute Gasteiger partial charge is 0.464 e. The molecule has 0 atom stereocenters. The van der Waals surface area contributed by atoms with Gasteiger partial charge in [-0.15, -0.1) is 0 Å². The highest BCUT2D eigenvalue weighted by molar-refractivity contribution is 9.10. The fourth-order valence-corrected chi connectivity index (χ4v) is 3.69. The lowest BCUT2D eigenvalue weighted by molar-refractivity contribution is 0.0268. The van der Waals surface area contributed by atoms with Crippen molar-refractivity contribution in [3.63, 3.8) is 0 Å². The summed E-state index contributed by atoms with van der Waals surface area (Å²) in [5.41, 5.74) is 2.23. The average Bonchev–Trinajstić information content (AvgIpc) is 3.16. The molecule has 0 radical (unpaired) electrons. The van der Waals surface area contributed by atoms with Gasteiger partial charge in [-0.3, -0.25) is 4.79 Å². The molecule has 0 aliphatic rings. The van der Waals surface area contributed by atoms with Crippen LogP contribution in [0.4, 0.5) is 10.5 Å². The summed E-state index contributed by atoms with van der Waals surface area (Å²) in [6.07, 6.45) is 0.396. The number of hydrazine groups is 1. The molecule has 0 spiro atoms. The molecule has 0 saturated carbocycles. The van der Waals surface area contributed by atoms with Crippen molar-refractivity contribution < 1.29 is 14.7 Å². The van der Waals surface area contributed by atoms with E-state index in [1.165, 1.54) is 29.0 Å². The van der Waals surface area contributed by atoms with E-state index in [9.17, 15) is 20.0 Å². The number of nitrogens with one attached hydrogen (secondary N) is 1. The Morgan fingerprint density at radius 1 is 1.33 bits per heavy atom. The number of hydrogen-bond acceptors (Lipinski definition) is 6. The number of benzene rings is 1. The predicted octanol–water partition coefficient (Wildman–Crippen LogP) is 4.07. The average molecular weight is 533 g/mol. The minimum absolute atomic E-state index is 0.129. The lowest BCUT2D eigenvalue weighted by Gasteiger charge is -2.27. The third kappa shape index (κ3) is 5.31. The second kappa shape index (κ2) is 9.99. The van der Waals surface area contributed by atoms with Crippen LogP contribution in [0.25, 0.3) is 5.82 Å². The molecule has 3 rings (SSSR count). The fourth-order valence-electron chi connectivity index (χ4n) is 3.11. The first-order valence-corrected chi connectivity index (χ1v) is 10.7. The minimum atomic E-state index is -1.14. The molecule has 2 amide bonds. The lowest BCUT2D eigenvalue weighted by Crippen LogP contribution is -2.40. The number of carbonyl (C=O) groups excluding carboxylic acids is 1. The second-order valence-corrected chi connectivity index (χ2v) is 8.31. The number of anilines is 1. The Morgan fingerprint density at radius 2 is 2.06 bits per heavy atom. The zero-order valence-electron chi connectivity index (χ0n) is 17.9. The molecule has 0 saturated heterocycles. The van der Waals surface area contributed by atoms with Gasteiger partial charge in [0.05, 0.1) is 16.7 Å². The number of nitrogens with zero attached hydrogens (tertiary/aromatic N) is 6. The summed E-state index contributed by atoms with van der Waals surface area (Å²) in [5.74, 6) is -0.201. The van der Waals surface area contributed by atoms with E-state index in [-0.39, 0.29) is 18.1 Å². The van der Waals surface area contributed by atoms with Gasteiger partial charge in [0.2, 0.25) is 0 Å². The Hall–Kier alpha value is -3.46. The molecule has 33 heavy (non-hydrogen) atoms. The van der Waals surface area contributed by atoms with Crippen LogP contribution in [0, 0.1) is 18.3 Å². The molecule has 12 heteroatoms. The maximum absolute atomic E-state index is 13.3. The monoisotopic (exact) mass is 531 g/mol. The van der Waals surface area contributed by atoms with Gasteiger partial charge in [-0.25, -0.2) is 24.5 Å². The number of carbonyl (C=O) groups is 2. The van der Waals surface area contributed by atoms with Crippen molar-refractivity contribution in [3.8, 4) is 11.9 Å². The highest BCUT2D eigenvalue weighted by Crippen LogP contribution is 2.27. The number of amides is 2. The summed E-state index contributed by atoms with van der Waals surface area (Å²) >= 11 is 9.52. The van der Waals surface area contributed by atoms with Crippen molar-refractivity contribution in [3.05, 3.63) is 68.5 Å². The minimum Gasteiger partial charge on any atom is -0.464 e. The van der Waals surface area contributed by atoms with E-state index < -0.39 is 12.0 Å². The first-order chi connectivity index (χ1) is 15.6. The normalized spacial score (nSPS) is 10.7. The van der Waals surface area contributed by atoms with Crippen LogP contribution in [0.15, 0.2) is 41.1 Å². The van der Waals surface area contributed by atoms with Gasteiger partial charge in [-0.05, 0) is 58.2 Å².